The second-order valence-corrected chi connectivity index (χ2v) is 8.64. The highest BCUT2D eigenvalue weighted by Gasteiger charge is 1.96. The van der Waals surface area contributed by atoms with Gasteiger partial charge < -0.3 is 4.90 Å². The Morgan fingerprint density at radius 1 is 0.458 bits per heavy atom. The van der Waals surface area contributed by atoms with Crippen molar-refractivity contribution in [2.75, 3.05) is 20.6 Å². The van der Waals surface area contributed by atoms with E-state index in [0.717, 1.165) is 5.92 Å². The molecular weight excluding hydrogens is 290 g/mol. The van der Waals surface area contributed by atoms with Gasteiger partial charge in [0.25, 0.3) is 0 Å². The van der Waals surface area contributed by atoms with E-state index in [2.05, 4.69) is 32.8 Å². The molecule has 0 atom stereocenters. The SMILES string of the molecule is CC(C)CCCCCCCCCCCCCCCCCCN(C)C. The van der Waals surface area contributed by atoms with Crippen molar-refractivity contribution >= 4 is 0 Å². The minimum atomic E-state index is 0.896. The molecule has 0 aromatic heterocycles. The largest absolute Gasteiger partial charge is 0.309 e. The Balaban J connectivity index is 2.98. The highest BCUT2D eigenvalue weighted by Crippen LogP contribution is 2.15. The Bertz CT molecular complexity index is 198. The minimum Gasteiger partial charge on any atom is -0.309 e. The summed E-state index contributed by atoms with van der Waals surface area (Å²) in [5.74, 6) is 0.896. The lowest BCUT2D eigenvalue weighted by Gasteiger charge is -2.08. The maximum atomic E-state index is 2.34. The summed E-state index contributed by atoms with van der Waals surface area (Å²) in [5.41, 5.74) is 0. The Hall–Kier alpha value is -0.0400. The van der Waals surface area contributed by atoms with Gasteiger partial charge in [0.1, 0.15) is 0 Å². The van der Waals surface area contributed by atoms with Crippen LogP contribution in [-0.2, 0) is 0 Å². The summed E-state index contributed by atoms with van der Waals surface area (Å²) < 4.78 is 0. The fraction of sp³-hybridized carbons (Fsp3) is 1.00. The van der Waals surface area contributed by atoms with E-state index < -0.39 is 0 Å². The Morgan fingerprint density at radius 2 is 0.750 bits per heavy atom. The first-order valence-corrected chi connectivity index (χ1v) is 11.3. The van der Waals surface area contributed by atoms with Crippen molar-refractivity contribution in [1.82, 2.24) is 4.90 Å². The molecule has 0 unspecified atom stereocenters. The topological polar surface area (TPSA) is 3.24 Å². The van der Waals surface area contributed by atoms with Crippen LogP contribution in [0, 0.1) is 5.92 Å². The molecule has 0 saturated heterocycles. The summed E-state index contributed by atoms with van der Waals surface area (Å²) in [6.07, 6.45) is 24.8. The third-order valence-corrected chi connectivity index (χ3v) is 5.14. The first-order chi connectivity index (χ1) is 11.6. The van der Waals surface area contributed by atoms with Gasteiger partial charge in [0, 0.05) is 0 Å². The fourth-order valence-electron chi connectivity index (χ4n) is 3.46. The molecule has 0 aromatic carbocycles. The number of rotatable bonds is 19. The van der Waals surface area contributed by atoms with E-state index in [1.165, 1.54) is 116 Å². The second-order valence-electron chi connectivity index (χ2n) is 8.64. The number of hydrogen-bond acceptors (Lipinski definition) is 1. The van der Waals surface area contributed by atoms with Crippen LogP contribution < -0.4 is 0 Å². The lowest BCUT2D eigenvalue weighted by molar-refractivity contribution is 0.389. The maximum absolute atomic E-state index is 2.34. The Morgan fingerprint density at radius 3 is 1.04 bits per heavy atom. The van der Waals surface area contributed by atoms with Crippen molar-refractivity contribution in [1.29, 1.82) is 0 Å². The molecule has 0 fully saturated rings. The van der Waals surface area contributed by atoms with Gasteiger partial charge in [-0.15, -0.1) is 0 Å². The van der Waals surface area contributed by atoms with Crippen LogP contribution in [0.4, 0.5) is 0 Å². The summed E-state index contributed by atoms with van der Waals surface area (Å²) in [6, 6.07) is 0. The predicted molar refractivity (Wildman–Crippen MR) is 112 cm³/mol. The molecule has 0 aliphatic rings. The quantitative estimate of drug-likeness (QED) is 0.217. The first kappa shape index (κ1) is 24.0. The highest BCUT2D eigenvalue weighted by molar-refractivity contribution is 4.52. The fourth-order valence-corrected chi connectivity index (χ4v) is 3.46. The number of hydrogen-bond donors (Lipinski definition) is 0. The van der Waals surface area contributed by atoms with Gasteiger partial charge >= 0.3 is 0 Å². The molecule has 146 valence electrons. The van der Waals surface area contributed by atoms with Crippen LogP contribution in [0.5, 0.6) is 0 Å². The van der Waals surface area contributed by atoms with Crippen LogP contribution in [0.2, 0.25) is 0 Å². The van der Waals surface area contributed by atoms with Crippen molar-refractivity contribution in [3.8, 4) is 0 Å². The van der Waals surface area contributed by atoms with Crippen molar-refractivity contribution in [3.63, 3.8) is 0 Å². The summed E-state index contributed by atoms with van der Waals surface area (Å²) >= 11 is 0. The van der Waals surface area contributed by atoms with E-state index in [-0.39, 0.29) is 0 Å². The summed E-state index contributed by atoms with van der Waals surface area (Å²) in [7, 11) is 4.35. The summed E-state index contributed by atoms with van der Waals surface area (Å²) in [5, 5.41) is 0. The molecule has 1 heteroatoms. The molecule has 24 heavy (non-hydrogen) atoms. The third-order valence-electron chi connectivity index (χ3n) is 5.14. The lowest BCUT2D eigenvalue weighted by atomic mass is 10.0. The predicted octanol–water partition coefficient (Wildman–Crippen LogP) is 7.84. The minimum absolute atomic E-state index is 0.896. The Kier molecular flexibility index (Phi) is 19.3. The molecule has 0 bridgehead atoms. The number of unbranched alkanes of at least 4 members (excludes halogenated alkanes) is 15. The van der Waals surface area contributed by atoms with Gasteiger partial charge in [-0.1, -0.05) is 117 Å². The molecule has 0 aromatic rings. The molecule has 0 heterocycles. The summed E-state index contributed by atoms with van der Waals surface area (Å²) in [6.45, 7) is 5.94. The molecule has 0 aliphatic carbocycles. The monoisotopic (exact) mass is 339 g/mol. The first-order valence-electron chi connectivity index (χ1n) is 11.3. The summed E-state index contributed by atoms with van der Waals surface area (Å²) in [4.78, 5) is 2.30. The third kappa shape index (κ3) is 22.0. The molecule has 0 rings (SSSR count). The average molecular weight is 340 g/mol. The molecule has 0 N–H and O–H groups in total. The zero-order chi connectivity index (χ0) is 17.9. The smallest absolute Gasteiger partial charge is 0.00248 e. The van der Waals surface area contributed by atoms with E-state index in [9.17, 15) is 0 Å². The van der Waals surface area contributed by atoms with Gasteiger partial charge in [-0.05, 0) is 33.0 Å². The van der Waals surface area contributed by atoms with Crippen molar-refractivity contribution < 1.29 is 0 Å². The second kappa shape index (κ2) is 19.3. The van der Waals surface area contributed by atoms with E-state index in [4.69, 9.17) is 0 Å². The normalized spacial score (nSPS) is 11.8. The van der Waals surface area contributed by atoms with Crippen LogP contribution in [0.1, 0.15) is 123 Å². The van der Waals surface area contributed by atoms with Crippen LogP contribution in [0.3, 0.4) is 0 Å². The van der Waals surface area contributed by atoms with Crippen LogP contribution >= 0.6 is 0 Å². The zero-order valence-electron chi connectivity index (χ0n) is 17.8. The standard InChI is InChI=1S/C23H49N/c1-23(2)21-19-17-15-13-11-9-7-5-6-8-10-12-14-16-18-20-22-24(3)4/h23H,5-22H2,1-4H3. The van der Waals surface area contributed by atoms with Crippen molar-refractivity contribution in [2.24, 2.45) is 5.92 Å². The molecule has 0 aliphatic heterocycles. The number of nitrogens with zero attached hydrogens (tertiary/aromatic N) is 1. The van der Waals surface area contributed by atoms with Crippen molar-refractivity contribution in [3.05, 3.63) is 0 Å². The van der Waals surface area contributed by atoms with Gasteiger partial charge in [-0.3, -0.25) is 0 Å². The van der Waals surface area contributed by atoms with E-state index in [0.29, 0.717) is 0 Å². The maximum Gasteiger partial charge on any atom is -0.00248 e. The van der Waals surface area contributed by atoms with Crippen LogP contribution in [0.15, 0.2) is 0 Å². The molecule has 0 radical (unpaired) electrons. The lowest BCUT2D eigenvalue weighted by Crippen LogP contribution is -2.12. The van der Waals surface area contributed by atoms with Crippen molar-refractivity contribution in [2.45, 2.75) is 123 Å². The molecule has 0 amide bonds. The van der Waals surface area contributed by atoms with Gasteiger partial charge in [0.05, 0.1) is 0 Å². The highest BCUT2D eigenvalue weighted by atomic mass is 15.0. The van der Waals surface area contributed by atoms with E-state index in [1.54, 1.807) is 0 Å². The van der Waals surface area contributed by atoms with Gasteiger partial charge in [-0.25, -0.2) is 0 Å². The van der Waals surface area contributed by atoms with E-state index in [1.807, 2.05) is 0 Å². The van der Waals surface area contributed by atoms with E-state index >= 15 is 0 Å². The van der Waals surface area contributed by atoms with Gasteiger partial charge in [0.15, 0.2) is 0 Å². The van der Waals surface area contributed by atoms with Gasteiger partial charge in [-0.2, -0.15) is 0 Å². The molecular formula is C23H49N. The van der Waals surface area contributed by atoms with Gasteiger partial charge in [0.2, 0.25) is 0 Å². The Labute approximate surface area is 155 Å². The molecule has 0 saturated carbocycles. The molecule has 0 spiro atoms. The molecule has 1 nitrogen and oxygen atoms in total. The average Bonchev–Trinajstić information content (AvgIpc) is 2.53. The van der Waals surface area contributed by atoms with Crippen LogP contribution in [-0.4, -0.2) is 25.5 Å². The van der Waals surface area contributed by atoms with Crippen LogP contribution in [0.25, 0.3) is 0 Å². The zero-order valence-corrected chi connectivity index (χ0v) is 17.8.